The molecule has 15 heavy (non-hydrogen) atoms. The molecule has 1 aromatic rings. The molecule has 1 fully saturated rings. The maximum atomic E-state index is 13.1. The zero-order chi connectivity index (χ0) is 11.0. The lowest BCUT2D eigenvalue weighted by molar-refractivity contribution is 0.556. The van der Waals surface area contributed by atoms with E-state index in [4.69, 9.17) is 5.73 Å². The van der Waals surface area contributed by atoms with Crippen LogP contribution >= 0.6 is 15.9 Å². The molecule has 0 saturated heterocycles. The first-order valence-electron chi connectivity index (χ1n) is 5.27. The number of hydrogen-bond acceptors (Lipinski definition) is 1. The van der Waals surface area contributed by atoms with Gasteiger partial charge in [0.15, 0.2) is 0 Å². The molecule has 2 N–H and O–H groups in total. The molecule has 0 aromatic heterocycles. The van der Waals surface area contributed by atoms with E-state index in [2.05, 4.69) is 22.9 Å². The van der Waals surface area contributed by atoms with E-state index in [9.17, 15) is 4.39 Å². The standard InChI is InChI=1S/C12H15BrFN/c1-7-2-11(7)12(15)5-8-3-9(13)6-10(14)4-8/h3-4,6-7,11-12H,2,5,15H2,1H3. The van der Waals surface area contributed by atoms with Gasteiger partial charge in [-0.15, -0.1) is 0 Å². The van der Waals surface area contributed by atoms with Crippen LogP contribution in [-0.2, 0) is 6.42 Å². The summed E-state index contributed by atoms with van der Waals surface area (Å²) < 4.78 is 13.9. The number of rotatable bonds is 3. The molecule has 1 aliphatic carbocycles. The number of nitrogens with two attached hydrogens (primary N) is 1. The molecule has 0 amide bonds. The third-order valence-electron chi connectivity index (χ3n) is 3.12. The van der Waals surface area contributed by atoms with Gasteiger partial charge >= 0.3 is 0 Å². The Kier molecular flexibility index (Phi) is 3.12. The third kappa shape index (κ3) is 2.79. The molecule has 3 unspecified atom stereocenters. The van der Waals surface area contributed by atoms with Crippen molar-refractivity contribution >= 4 is 15.9 Å². The van der Waals surface area contributed by atoms with Crippen LogP contribution in [-0.4, -0.2) is 6.04 Å². The Labute approximate surface area is 98.0 Å². The summed E-state index contributed by atoms with van der Waals surface area (Å²) in [6, 6.07) is 5.15. The van der Waals surface area contributed by atoms with Crippen molar-refractivity contribution in [1.29, 1.82) is 0 Å². The van der Waals surface area contributed by atoms with Crippen LogP contribution in [0.3, 0.4) is 0 Å². The van der Waals surface area contributed by atoms with Crippen molar-refractivity contribution in [3.8, 4) is 0 Å². The average molecular weight is 272 g/mol. The van der Waals surface area contributed by atoms with Crippen molar-refractivity contribution < 1.29 is 4.39 Å². The number of hydrogen-bond donors (Lipinski definition) is 1. The first-order chi connectivity index (χ1) is 7.06. The topological polar surface area (TPSA) is 26.0 Å². The summed E-state index contributed by atoms with van der Waals surface area (Å²) in [4.78, 5) is 0. The zero-order valence-electron chi connectivity index (χ0n) is 8.71. The predicted octanol–water partition coefficient (Wildman–Crippen LogP) is 3.11. The summed E-state index contributed by atoms with van der Waals surface area (Å²) in [5, 5.41) is 0. The molecule has 82 valence electrons. The molecule has 1 saturated carbocycles. The lowest BCUT2D eigenvalue weighted by atomic mass is 10.0. The summed E-state index contributed by atoms with van der Waals surface area (Å²) in [5.74, 6) is 1.18. The van der Waals surface area contributed by atoms with E-state index in [1.807, 2.05) is 6.07 Å². The highest BCUT2D eigenvalue weighted by atomic mass is 79.9. The van der Waals surface area contributed by atoms with Crippen LogP contribution in [0.4, 0.5) is 4.39 Å². The Bertz CT molecular complexity index is 346. The van der Waals surface area contributed by atoms with Crippen molar-refractivity contribution in [2.45, 2.75) is 25.8 Å². The molecule has 0 radical (unpaired) electrons. The third-order valence-corrected chi connectivity index (χ3v) is 3.57. The van der Waals surface area contributed by atoms with Gasteiger partial charge in [0.05, 0.1) is 0 Å². The second-order valence-corrected chi connectivity index (χ2v) is 5.44. The Morgan fingerprint density at radius 3 is 2.73 bits per heavy atom. The molecular formula is C12H15BrFN. The fraction of sp³-hybridized carbons (Fsp3) is 0.500. The molecule has 1 nitrogen and oxygen atoms in total. The lowest BCUT2D eigenvalue weighted by Gasteiger charge is -2.11. The molecular weight excluding hydrogens is 257 g/mol. The fourth-order valence-corrected chi connectivity index (χ4v) is 2.61. The molecule has 3 atom stereocenters. The van der Waals surface area contributed by atoms with Gasteiger partial charge in [0, 0.05) is 10.5 Å². The Morgan fingerprint density at radius 2 is 2.20 bits per heavy atom. The maximum absolute atomic E-state index is 13.1. The second-order valence-electron chi connectivity index (χ2n) is 4.52. The van der Waals surface area contributed by atoms with Crippen LogP contribution in [0.2, 0.25) is 0 Å². The molecule has 3 heteroatoms. The van der Waals surface area contributed by atoms with Crippen molar-refractivity contribution in [2.24, 2.45) is 17.6 Å². The van der Waals surface area contributed by atoms with E-state index < -0.39 is 0 Å². The van der Waals surface area contributed by atoms with Gasteiger partial charge in [-0.1, -0.05) is 22.9 Å². The summed E-state index contributed by atoms with van der Waals surface area (Å²) in [6.45, 7) is 2.21. The van der Waals surface area contributed by atoms with E-state index in [1.54, 1.807) is 6.07 Å². The summed E-state index contributed by atoms with van der Waals surface area (Å²) >= 11 is 3.29. The Hall–Kier alpha value is -0.410. The van der Waals surface area contributed by atoms with Crippen molar-refractivity contribution in [1.82, 2.24) is 0 Å². The quantitative estimate of drug-likeness (QED) is 0.898. The SMILES string of the molecule is CC1CC1C(N)Cc1cc(F)cc(Br)c1. The monoisotopic (exact) mass is 271 g/mol. The molecule has 2 rings (SSSR count). The summed E-state index contributed by atoms with van der Waals surface area (Å²) in [5.41, 5.74) is 7.04. The molecule has 0 heterocycles. The largest absolute Gasteiger partial charge is 0.327 e. The minimum Gasteiger partial charge on any atom is -0.327 e. The van der Waals surface area contributed by atoms with Crippen LogP contribution in [0.5, 0.6) is 0 Å². The van der Waals surface area contributed by atoms with E-state index in [1.165, 1.54) is 12.5 Å². The van der Waals surface area contributed by atoms with Gasteiger partial charge in [0.1, 0.15) is 5.82 Å². The Morgan fingerprint density at radius 1 is 1.53 bits per heavy atom. The van der Waals surface area contributed by atoms with Crippen molar-refractivity contribution in [2.75, 3.05) is 0 Å². The van der Waals surface area contributed by atoms with Gasteiger partial charge in [-0.05, 0) is 48.4 Å². The predicted molar refractivity (Wildman–Crippen MR) is 63.1 cm³/mol. The second kappa shape index (κ2) is 4.22. The van der Waals surface area contributed by atoms with Crippen LogP contribution in [0.1, 0.15) is 18.9 Å². The van der Waals surface area contributed by atoms with Gasteiger partial charge in [-0.2, -0.15) is 0 Å². The van der Waals surface area contributed by atoms with Gasteiger partial charge in [-0.25, -0.2) is 4.39 Å². The highest BCUT2D eigenvalue weighted by Gasteiger charge is 2.37. The van der Waals surface area contributed by atoms with E-state index in [0.29, 0.717) is 5.92 Å². The smallest absolute Gasteiger partial charge is 0.124 e. The van der Waals surface area contributed by atoms with Crippen LogP contribution in [0.15, 0.2) is 22.7 Å². The van der Waals surface area contributed by atoms with Crippen molar-refractivity contribution in [3.05, 3.63) is 34.1 Å². The van der Waals surface area contributed by atoms with E-state index in [0.717, 1.165) is 22.4 Å². The van der Waals surface area contributed by atoms with E-state index in [-0.39, 0.29) is 11.9 Å². The molecule has 0 spiro atoms. The average Bonchev–Trinajstić information content (AvgIpc) is 2.80. The van der Waals surface area contributed by atoms with Gasteiger partial charge in [0.2, 0.25) is 0 Å². The maximum Gasteiger partial charge on any atom is 0.124 e. The minimum atomic E-state index is -0.199. The van der Waals surface area contributed by atoms with Crippen molar-refractivity contribution in [3.63, 3.8) is 0 Å². The zero-order valence-corrected chi connectivity index (χ0v) is 10.3. The first-order valence-corrected chi connectivity index (χ1v) is 6.06. The molecule has 0 aliphatic heterocycles. The lowest BCUT2D eigenvalue weighted by Crippen LogP contribution is -2.25. The van der Waals surface area contributed by atoms with Gasteiger partial charge < -0.3 is 5.73 Å². The minimum absolute atomic E-state index is 0.175. The summed E-state index contributed by atoms with van der Waals surface area (Å²) in [6.07, 6.45) is 1.99. The van der Waals surface area contributed by atoms with Crippen LogP contribution in [0, 0.1) is 17.7 Å². The Balaban J connectivity index is 2.03. The highest BCUT2D eigenvalue weighted by Crippen LogP contribution is 2.40. The highest BCUT2D eigenvalue weighted by molar-refractivity contribution is 9.10. The summed E-state index contributed by atoms with van der Waals surface area (Å²) in [7, 11) is 0. The number of halogens is 2. The molecule has 1 aromatic carbocycles. The fourth-order valence-electron chi connectivity index (χ4n) is 2.10. The number of benzene rings is 1. The molecule has 0 bridgehead atoms. The molecule has 1 aliphatic rings. The van der Waals surface area contributed by atoms with E-state index >= 15 is 0 Å². The normalized spacial score (nSPS) is 26.4. The van der Waals surface area contributed by atoms with Crippen LogP contribution in [0.25, 0.3) is 0 Å². The first kappa shape index (κ1) is 11.1. The van der Waals surface area contributed by atoms with Gasteiger partial charge in [0.25, 0.3) is 0 Å². The van der Waals surface area contributed by atoms with Gasteiger partial charge in [-0.3, -0.25) is 0 Å². The van der Waals surface area contributed by atoms with Crippen LogP contribution < -0.4 is 5.73 Å².